The van der Waals surface area contributed by atoms with Gasteiger partial charge in [-0.2, -0.15) is 0 Å². The molecule has 11 heteroatoms. The van der Waals surface area contributed by atoms with Crippen LogP contribution in [0.2, 0.25) is 0 Å². The van der Waals surface area contributed by atoms with Gasteiger partial charge in [0, 0.05) is 25.5 Å². The Balaban J connectivity index is 1.66. The monoisotopic (exact) mass is 418 g/mol. The molecule has 0 spiro atoms. The van der Waals surface area contributed by atoms with Crippen molar-refractivity contribution in [2.75, 3.05) is 6.54 Å². The molecule has 0 saturated carbocycles. The third-order valence-electron chi connectivity index (χ3n) is 4.59. The van der Waals surface area contributed by atoms with E-state index >= 15 is 0 Å². The average Bonchev–Trinajstić information content (AvgIpc) is 3.08. The van der Waals surface area contributed by atoms with Crippen molar-refractivity contribution in [2.24, 2.45) is 19.2 Å². The molecule has 154 valence electrons. The lowest BCUT2D eigenvalue weighted by molar-refractivity contribution is -0.121. The van der Waals surface area contributed by atoms with Gasteiger partial charge in [-0.15, -0.1) is 0 Å². The number of rotatable bonds is 6. The highest BCUT2D eigenvalue weighted by Gasteiger charge is 2.15. The van der Waals surface area contributed by atoms with Crippen molar-refractivity contribution >= 4 is 32.6 Å². The van der Waals surface area contributed by atoms with Gasteiger partial charge in [-0.1, -0.05) is 12.1 Å². The van der Waals surface area contributed by atoms with Gasteiger partial charge in [0.2, 0.25) is 5.91 Å². The van der Waals surface area contributed by atoms with E-state index in [-0.39, 0.29) is 23.6 Å². The molecule has 29 heavy (non-hydrogen) atoms. The van der Waals surface area contributed by atoms with E-state index < -0.39 is 21.0 Å². The molecular weight excluding hydrogens is 396 g/mol. The number of carbonyl (C=O) groups is 1. The summed E-state index contributed by atoms with van der Waals surface area (Å²) in [5.41, 5.74) is 0.379. The third kappa shape index (κ3) is 4.15. The summed E-state index contributed by atoms with van der Waals surface area (Å²) in [6.45, 7) is 0.281. The van der Waals surface area contributed by atoms with Gasteiger partial charge in [0.15, 0.2) is 11.2 Å². The maximum Gasteiger partial charge on any atom is 0.332 e. The number of carbonyl (C=O) groups excluding carboxylic acids is 1. The second-order valence-corrected chi connectivity index (χ2v) is 8.64. The lowest BCUT2D eigenvalue weighted by atomic mass is 10.1. The summed E-state index contributed by atoms with van der Waals surface area (Å²) in [4.78, 5) is 41.2. The Morgan fingerprint density at radius 3 is 2.48 bits per heavy atom. The van der Waals surface area contributed by atoms with Crippen LogP contribution in [0.15, 0.2) is 45.1 Å². The van der Waals surface area contributed by atoms with Crippen molar-refractivity contribution in [1.29, 1.82) is 0 Å². The number of benzene rings is 1. The lowest BCUT2D eigenvalue weighted by Gasteiger charge is -2.08. The molecule has 3 aromatic rings. The Hall–Kier alpha value is -3.18. The van der Waals surface area contributed by atoms with Gasteiger partial charge in [0.25, 0.3) is 5.56 Å². The average molecular weight is 418 g/mol. The molecule has 0 fully saturated rings. The summed E-state index contributed by atoms with van der Waals surface area (Å²) in [6.07, 6.45) is 1.93. The Morgan fingerprint density at radius 1 is 1.21 bits per heavy atom. The standard InChI is InChI=1S/C18H22N6O4S/c1-22-16-15(17(26)23(2)18(22)27)24(11-21-16)10-14(25)20-9-8-12-4-6-13(7-5-12)29(3,19)28/h4-7,11H,3,8-10H2,1-2H3,(H2,19,28)(H,20,25). The number of hydrogen-bond acceptors (Lipinski definition) is 5. The zero-order chi connectivity index (χ0) is 21.3. The van der Waals surface area contributed by atoms with Crippen LogP contribution < -0.4 is 21.7 Å². The van der Waals surface area contributed by atoms with Crippen molar-refractivity contribution < 1.29 is 9.00 Å². The Labute approximate surface area is 166 Å². The fourth-order valence-electron chi connectivity index (χ4n) is 2.96. The van der Waals surface area contributed by atoms with E-state index in [1.165, 1.54) is 29.6 Å². The molecule has 3 N–H and O–H groups in total. The Kier molecular flexibility index (Phi) is 5.44. The highest BCUT2D eigenvalue weighted by Crippen LogP contribution is 2.09. The zero-order valence-corrected chi connectivity index (χ0v) is 16.9. The van der Waals surface area contributed by atoms with E-state index in [1.807, 2.05) is 0 Å². The lowest BCUT2D eigenvalue weighted by Crippen LogP contribution is -2.38. The van der Waals surface area contributed by atoms with Crippen molar-refractivity contribution in [2.45, 2.75) is 17.9 Å². The Morgan fingerprint density at radius 2 is 1.86 bits per heavy atom. The first-order valence-corrected chi connectivity index (χ1v) is 10.5. The number of aromatic nitrogens is 4. The molecule has 3 rings (SSSR count). The molecule has 0 aliphatic carbocycles. The quantitative estimate of drug-likeness (QED) is 0.482. The zero-order valence-electron chi connectivity index (χ0n) is 16.1. The fourth-order valence-corrected chi connectivity index (χ4v) is 3.56. The summed E-state index contributed by atoms with van der Waals surface area (Å²) in [5.74, 6) is 3.14. The van der Waals surface area contributed by atoms with Gasteiger partial charge in [0.1, 0.15) is 6.54 Å². The first-order chi connectivity index (χ1) is 13.6. The van der Waals surface area contributed by atoms with Crippen LogP contribution in [0.4, 0.5) is 0 Å². The first-order valence-electron chi connectivity index (χ1n) is 8.71. The highest BCUT2D eigenvalue weighted by molar-refractivity contribution is 7.98. The molecule has 0 aliphatic rings. The molecule has 0 bridgehead atoms. The SMILES string of the molecule is C=S(N)(=O)c1ccc(CCNC(=O)Cn2cnc3c2c(=O)n(C)c(=O)n3C)cc1. The molecular formula is C18H22N6O4S. The fraction of sp³-hybridized carbons (Fsp3) is 0.278. The van der Waals surface area contributed by atoms with E-state index in [1.54, 1.807) is 24.3 Å². The molecule has 0 aliphatic heterocycles. The summed E-state index contributed by atoms with van der Waals surface area (Å²) in [7, 11) is 0.158. The molecule has 10 nitrogen and oxygen atoms in total. The second-order valence-electron chi connectivity index (χ2n) is 6.72. The van der Waals surface area contributed by atoms with Crippen LogP contribution in [0.25, 0.3) is 11.2 Å². The van der Waals surface area contributed by atoms with Gasteiger partial charge in [-0.3, -0.25) is 23.9 Å². The minimum absolute atomic E-state index is 0.0976. The number of nitrogens with two attached hydrogens (primary N) is 1. The predicted octanol–water partition coefficient (Wildman–Crippen LogP) is -1.26. The van der Waals surface area contributed by atoms with Gasteiger partial charge >= 0.3 is 5.69 Å². The maximum atomic E-state index is 12.4. The maximum absolute atomic E-state index is 12.4. The number of fused-ring (bicyclic) bond motifs is 1. The highest BCUT2D eigenvalue weighted by atomic mass is 32.2. The van der Waals surface area contributed by atoms with E-state index in [9.17, 15) is 18.6 Å². The molecule has 2 heterocycles. The smallest absolute Gasteiger partial charge is 0.332 e. The minimum atomic E-state index is -2.74. The van der Waals surface area contributed by atoms with E-state index in [4.69, 9.17) is 5.14 Å². The second kappa shape index (κ2) is 7.68. The van der Waals surface area contributed by atoms with Crippen molar-refractivity contribution in [3.63, 3.8) is 0 Å². The van der Waals surface area contributed by atoms with Crippen LogP contribution in [0.1, 0.15) is 5.56 Å². The summed E-state index contributed by atoms with van der Waals surface area (Å²) in [5, 5.41) is 8.28. The van der Waals surface area contributed by atoms with E-state index in [2.05, 4.69) is 16.2 Å². The number of nitrogens with zero attached hydrogens (tertiary/aromatic N) is 4. The number of aryl methyl sites for hydroxylation is 1. The summed E-state index contributed by atoms with van der Waals surface area (Å²) >= 11 is 0. The number of hydrogen-bond donors (Lipinski definition) is 2. The molecule has 1 amide bonds. The van der Waals surface area contributed by atoms with Gasteiger partial charge in [-0.05, 0) is 30.0 Å². The van der Waals surface area contributed by atoms with Crippen LogP contribution >= 0.6 is 0 Å². The minimum Gasteiger partial charge on any atom is -0.354 e. The van der Waals surface area contributed by atoms with Crippen LogP contribution in [0.5, 0.6) is 0 Å². The van der Waals surface area contributed by atoms with Crippen molar-refractivity contribution in [3.8, 4) is 0 Å². The molecule has 2 aromatic heterocycles. The van der Waals surface area contributed by atoms with Gasteiger partial charge < -0.3 is 9.88 Å². The molecule has 1 aromatic carbocycles. The topological polar surface area (TPSA) is 134 Å². The number of imidazole rings is 1. The van der Waals surface area contributed by atoms with Crippen molar-refractivity contribution in [1.82, 2.24) is 24.0 Å². The predicted molar refractivity (Wildman–Crippen MR) is 111 cm³/mol. The van der Waals surface area contributed by atoms with Crippen molar-refractivity contribution in [3.05, 3.63) is 57.0 Å². The summed E-state index contributed by atoms with van der Waals surface area (Å²) in [6, 6.07) is 6.88. The molecule has 1 atom stereocenters. The largest absolute Gasteiger partial charge is 0.354 e. The molecule has 0 radical (unpaired) electrons. The van der Waals surface area contributed by atoms with Crippen LogP contribution in [-0.4, -0.2) is 41.2 Å². The molecule has 0 saturated heterocycles. The van der Waals surface area contributed by atoms with Gasteiger partial charge in [0.05, 0.1) is 16.0 Å². The molecule has 1 unspecified atom stereocenters. The number of nitrogens with one attached hydrogen (secondary N) is 1. The first kappa shape index (κ1) is 20.6. The van der Waals surface area contributed by atoms with Crippen LogP contribution in [0.3, 0.4) is 0 Å². The van der Waals surface area contributed by atoms with Gasteiger partial charge in [-0.25, -0.2) is 14.0 Å². The summed E-state index contributed by atoms with van der Waals surface area (Å²) < 4.78 is 15.4. The third-order valence-corrected chi connectivity index (χ3v) is 5.66. The van der Waals surface area contributed by atoms with Crippen LogP contribution in [-0.2, 0) is 41.6 Å². The van der Waals surface area contributed by atoms with E-state index in [0.717, 1.165) is 10.1 Å². The Bertz CT molecular complexity index is 1300. The van der Waals surface area contributed by atoms with Crippen LogP contribution in [0, 0.1) is 0 Å². The normalized spacial score (nSPS) is 13.3. The van der Waals surface area contributed by atoms with E-state index in [0.29, 0.717) is 17.9 Å². The number of amides is 1.